The van der Waals surface area contributed by atoms with Crippen LogP contribution in [0.2, 0.25) is 0 Å². The third-order valence-electron chi connectivity index (χ3n) is 2.25. The van der Waals surface area contributed by atoms with Crippen LogP contribution in [0.1, 0.15) is 12.8 Å². The molecule has 0 N–H and O–H groups in total. The van der Waals surface area contributed by atoms with E-state index in [0.717, 1.165) is 26.2 Å². The third kappa shape index (κ3) is 0.770. The Balaban J connectivity index is 1.84. The van der Waals surface area contributed by atoms with E-state index in [-0.39, 0.29) is 6.03 Å². The van der Waals surface area contributed by atoms with Crippen molar-refractivity contribution in [1.29, 1.82) is 0 Å². The molecule has 3 nitrogen and oxygen atoms in total. The second-order valence-corrected chi connectivity index (χ2v) is 2.96. The molecule has 0 saturated carbocycles. The van der Waals surface area contributed by atoms with E-state index in [1.54, 1.807) is 0 Å². The average Bonchev–Trinajstić information content (AvgIpc) is 1.52. The minimum absolute atomic E-state index is 0.262. The lowest BCUT2D eigenvalue weighted by atomic mass is 10.2. The SMILES string of the molecule is O=C(N1CCC1)N1CCC1. The zero-order chi connectivity index (χ0) is 6.97. The van der Waals surface area contributed by atoms with Crippen LogP contribution >= 0.6 is 0 Å². The molecule has 2 rings (SSSR count). The second-order valence-electron chi connectivity index (χ2n) is 2.96. The molecule has 2 aliphatic heterocycles. The molecule has 10 heavy (non-hydrogen) atoms. The molecule has 2 aliphatic rings. The Kier molecular flexibility index (Phi) is 1.29. The second kappa shape index (κ2) is 2.15. The van der Waals surface area contributed by atoms with Crippen LogP contribution in [0.4, 0.5) is 4.79 Å². The van der Waals surface area contributed by atoms with Crippen molar-refractivity contribution in [2.45, 2.75) is 12.8 Å². The van der Waals surface area contributed by atoms with Gasteiger partial charge in [0.25, 0.3) is 0 Å². The maximum atomic E-state index is 11.3. The van der Waals surface area contributed by atoms with Gasteiger partial charge in [0.2, 0.25) is 0 Å². The lowest BCUT2D eigenvalue weighted by molar-refractivity contribution is 0.105. The highest BCUT2D eigenvalue weighted by atomic mass is 16.2. The molecule has 0 aliphatic carbocycles. The summed E-state index contributed by atoms with van der Waals surface area (Å²) in [4.78, 5) is 15.1. The van der Waals surface area contributed by atoms with Gasteiger partial charge in [0.15, 0.2) is 0 Å². The van der Waals surface area contributed by atoms with Crippen LogP contribution in [-0.4, -0.2) is 42.0 Å². The highest BCUT2D eigenvalue weighted by Gasteiger charge is 2.28. The molecule has 56 valence electrons. The van der Waals surface area contributed by atoms with E-state index in [2.05, 4.69) is 0 Å². The number of nitrogens with zero attached hydrogens (tertiary/aromatic N) is 2. The van der Waals surface area contributed by atoms with Gasteiger partial charge in [-0.15, -0.1) is 0 Å². The number of hydrogen-bond acceptors (Lipinski definition) is 1. The Hall–Kier alpha value is -0.730. The predicted octanol–water partition coefficient (Wildman–Crippen LogP) is 0.518. The standard InChI is InChI=1S/C7H12N2O/c10-7(8-3-1-4-8)9-5-2-6-9/h1-6H2. The van der Waals surface area contributed by atoms with Crippen LogP contribution in [-0.2, 0) is 0 Å². The Morgan fingerprint density at radius 1 is 0.900 bits per heavy atom. The van der Waals surface area contributed by atoms with Crippen molar-refractivity contribution < 1.29 is 4.79 Å². The molecular formula is C7H12N2O. The minimum atomic E-state index is 0.262. The zero-order valence-corrected chi connectivity index (χ0v) is 6.05. The van der Waals surface area contributed by atoms with Crippen molar-refractivity contribution in [1.82, 2.24) is 9.80 Å². The van der Waals surface area contributed by atoms with E-state index in [0.29, 0.717) is 0 Å². The summed E-state index contributed by atoms with van der Waals surface area (Å²) < 4.78 is 0. The highest BCUT2D eigenvalue weighted by molar-refractivity contribution is 5.75. The van der Waals surface area contributed by atoms with Crippen molar-refractivity contribution in [2.24, 2.45) is 0 Å². The normalized spacial score (nSPS) is 23.6. The van der Waals surface area contributed by atoms with Crippen LogP contribution in [0.15, 0.2) is 0 Å². The van der Waals surface area contributed by atoms with Crippen LogP contribution in [0.25, 0.3) is 0 Å². The van der Waals surface area contributed by atoms with Gasteiger partial charge in [0.05, 0.1) is 0 Å². The number of likely N-dealkylation sites (tertiary alicyclic amines) is 2. The third-order valence-corrected chi connectivity index (χ3v) is 2.25. The molecule has 0 unspecified atom stereocenters. The molecule has 2 fully saturated rings. The van der Waals surface area contributed by atoms with Gasteiger partial charge in [-0.3, -0.25) is 0 Å². The summed E-state index contributed by atoms with van der Waals surface area (Å²) >= 11 is 0. The maximum Gasteiger partial charge on any atom is 0.320 e. The van der Waals surface area contributed by atoms with Crippen LogP contribution in [0, 0.1) is 0 Å². The summed E-state index contributed by atoms with van der Waals surface area (Å²) in [6, 6.07) is 0.262. The quantitative estimate of drug-likeness (QED) is 0.481. The molecule has 0 radical (unpaired) electrons. The van der Waals surface area contributed by atoms with E-state index in [4.69, 9.17) is 0 Å². The summed E-state index contributed by atoms with van der Waals surface area (Å²) in [5, 5.41) is 0. The Labute approximate surface area is 60.6 Å². The number of hydrogen-bond donors (Lipinski definition) is 0. The van der Waals surface area contributed by atoms with E-state index < -0.39 is 0 Å². The van der Waals surface area contributed by atoms with Crippen LogP contribution in [0.3, 0.4) is 0 Å². The van der Waals surface area contributed by atoms with Gasteiger partial charge < -0.3 is 9.80 Å². The number of urea groups is 1. The molecule has 0 spiro atoms. The maximum absolute atomic E-state index is 11.3. The van der Waals surface area contributed by atoms with E-state index >= 15 is 0 Å². The molecule has 0 aromatic heterocycles. The molecular weight excluding hydrogens is 128 g/mol. The number of carbonyl (C=O) groups excluding carboxylic acids is 1. The van der Waals surface area contributed by atoms with Gasteiger partial charge in [-0.2, -0.15) is 0 Å². The first kappa shape index (κ1) is 6.01. The molecule has 0 aromatic rings. The molecule has 3 heteroatoms. The molecule has 0 atom stereocenters. The van der Waals surface area contributed by atoms with Crippen molar-refractivity contribution in [3.63, 3.8) is 0 Å². The Morgan fingerprint density at radius 3 is 1.50 bits per heavy atom. The lowest BCUT2D eigenvalue weighted by Crippen LogP contribution is -2.53. The molecule has 2 heterocycles. The summed E-state index contributed by atoms with van der Waals surface area (Å²) in [6.45, 7) is 3.93. The lowest BCUT2D eigenvalue weighted by Gasteiger charge is -2.39. The number of amides is 2. The topological polar surface area (TPSA) is 23.6 Å². The summed E-state index contributed by atoms with van der Waals surface area (Å²) in [7, 11) is 0. The number of carbonyl (C=O) groups is 1. The van der Waals surface area contributed by atoms with Gasteiger partial charge in [0.1, 0.15) is 0 Å². The Morgan fingerprint density at radius 2 is 1.30 bits per heavy atom. The first-order valence-corrected chi connectivity index (χ1v) is 3.92. The van der Waals surface area contributed by atoms with Crippen molar-refractivity contribution in [3.05, 3.63) is 0 Å². The number of rotatable bonds is 0. The summed E-state index contributed by atoms with van der Waals surface area (Å²) in [5.41, 5.74) is 0. The van der Waals surface area contributed by atoms with Gasteiger partial charge in [-0.05, 0) is 12.8 Å². The minimum Gasteiger partial charge on any atom is -0.325 e. The van der Waals surface area contributed by atoms with Crippen molar-refractivity contribution >= 4 is 6.03 Å². The summed E-state index contributed by atoms with van der Waals surface area (Å²) in [6.07, 6.45) is 2.39. The smallest absolute Gasteiger partial charge is 0.320 e. The largest absolute Gasteiger partial charge is 0.325 e. The van der Waals surface area contributed by atoms with E-state index in [9.17, 15) is 4.79 Å². The van der Waals surface area contributed by atoms with Gasteiger partial charge in [-0.25, -0.2) is 4.79 Å². The molecule has 2 amide bonds. The fourth-order valence-electron chi connectivity index (χ4n) is 1.22. The first-order chi connectivity index (χ1) is 4.88. The molecule has 2 saturated heterocycles. The van der Waals surface area contributed by atoms with Crippen molar-refractivity contribution in [3.8, 4) is 0 Å². The predicted molar refractivity (Wildman–Crippen MR) is 37.8 cm³/mol. The van der Waals surface area contributed by atoms with Gasteiger partial charge >= 0.3 is 6.03 Å². The fourth-order valence-corrected chi connectivity index (χ4v) is 1.22. The summed E-state index contributed by atoms with van der Waals surface area (Å²) in [5.74, 6) is 0. The van der Waals surface area contributed by atoms with E-state index in [1.165, 1.54) is 12.8 Å². The first-order valence-electron chi connectivity index (χ1n) is 3.92. The zero-order valence-electron chi connectivity index (χ0n) is 6.05. The van der Waals surface area contributed by atoms with Crippen LogP contribution < -0.4 is 0 Å². The average molecular weight is 140 g/mol. The molecule has 0 aromatic carbocycles. The molecule has 0 bridgehead atoms. The van der Waals surface area contributed by atoms with Gasteiger partial charge in [-0.1, -0.05) is 0 Å². The van der Waals surface area contributed by atoms with Gasteiger partial charge in [0, 0.05) is 26.2 Å². The van der Waals surface area contributed by atoms with Crippen LogP contribution in [0.5, 0.6) is 0 Å². The Bertz CT molecular complexity index is 134. The van der Waals surface area contributed by atoms with E-state index in [1.807, 2.05) is 9.80 Å². The van der Waals surface area contributed by atoms with Crippen molar-refractivity contribution in [2.75, 3.05) is 26.2 Å². The fraction of sp³-hybridized carbons (Fsp3) is 0.857. The monoisotopic (exact) mass is 140 g/mol. The highest BCUT2D eigenvalue weighted by Crippen LogP contribution is 2.14.